The van der Waals surface area contributed by atoms with E-state index in [9.17, 15) is 18.4 Å². The summed E-state index contributed by atoms with van der Waals surface area (Å²) >= 11 is 0. The lowest BCUT2D eigenvalue weighted by Crippen LogP contribution is -2.31. The second kappa shape index (κ2) is 7.30. The van der Waals surface area contributed by atoms with Crippen molar-refractivity contribution in [2.45, 2.75) is 13.0 Å². The van der Waals surface area contributed by atoms with Crippen molar-refractivity contribution in [1.29, 1.82) is 0 Å². The van der Waals surface area contributed by atoms with Crippen LogP contribution in [0.25, 0.3) is 0 Å². The predicted octanol–water partition coefficient (Wildman–Crippen LogP) is 1.12. The van der Waals surface area contributed by atoms with Gasteiger partial charge in [0.15, 0.2) is 0 Å². The van der Waals surface area contributed by atoms with E-state index >= 15 is 0 Å². The number of benzene rings is 1. The molecule has 0 aliphatic heterocycles. The molecule has 0 aliphatic carbocycles. The summed E-state index contributed by atoms with van der Waals surface area (Å²) in [5.41, 5.74) is 0.615. The molecule has 5 nitrogen and oxygen atoms in total. The van der Waals surface area contributed by atoms with Crippen LogP contribution < -0.4 is 10.1 Å². The molecule has 1 aromatic rings. The lowest BCUT2D eigenvalue weighted by atomic mass is 10.1. The van der Waals surface area contributed by atoms with Gasteiger partial charge < -0.3 is 14.8 Å². The maximum atomic E-state index is 11.9. The van der Waals surface area contributed by atoms with Crippen LogP contribution in [0.5, 0.6) is 5.75 Å². The SMILES string of the molecule is COC(=O)CNC(=O)Cc1ccc(OC(F)F)cc1. The van der Waals surface area contributed by atoms with Gasteiger partial charge in [-0.25, -0.2) is 0 Å². The first-order valence-corrected chi connectivity index (χ1v) is 5.38. The van der Waals surface area contributed by atoms with Crippen LogP contribution in [0.3, 0.4) is 0 Å². The van der Waals surface area contributed by atoms with Gasteiger partial charge in [-0.15, -0.1) is 0 Å². The summed E-state index contributed by atoms with van der Waals surface area (Å²) in [5, 5.41) is 2.36. The molecule has 0 heterocycles. The first-order chi connectivity index (χ1) is 9.01. The highest BCUT2D eigenvalue weighted by Gasteiger charge is 2.07. The van der Waals surface area contributed by atoms with Crippen LogP contribution in [0.2, 0.25) is 0 Å². The zero-order valence-corrected chi connectivity index (χ0v) is 10.2. The monoisotopic (exact) mass is 273 g/mol. The maximum absolute atomic E-state index is 11.9. The molecule has 104 valence electrons. The Labute approximate surface area is 108 Å². The number of ether oxygens (including phenoxy) is 2. The van der Waals surface area contributed by atoms with Crippen LogP contribution in [0.1, 0.15) is 5.56 Å². The highest BCUT2D eigenvalue weighted by atomic mass is 19.3. The van der Waals surface area contributed by atoms with Crippen molar-refractivity contribution in [2.24, 2.45) is 0 Å². The lowest BCUT2D eigenvalue weighted by Gasteiger charge is -2.06. The molecule has 1 amide bonds. The Morgan fingerprint density at radius 3 is 2.42 bits per heavy atom. The maximum Gasteiger partial charge on any atom is 0.387 e. The number of methoxy groups -OCH3 is 1. The van der Waals surface area contributed by atoms with E-state index in [1.165, 1.54) is 31.4 Å². The van der Waals surface area contributed by atoms with Gasteiger partial charge in [-0.1, -0.05) is 12.1 Å². The van der Waals surface area contributed by atoms with Gasteiger partial charge in [-0.2, -0.15) is 8.78 Å². The Morgan fingerprint density at radius 2 is 1.89 bits per heavy atom. The summed E-state index contributed by atoms with van der Waals surface area (Å²) in [4.78, 5) is 22.2. The summed E-state index contributed by atoms with van der Waals surface area (Å²) in [6, 6.07) is 5.68. The molecule has 0 spiro atoms. The molecule has 1 aromatic carbocycles. The molecule has 0 aliphatic rings. The third kappa shape index (κ3) is 5.80. The first kappa shape index (κ1) is 14.9. The van der Waals surface area contributed by atoms with E-state index in [4.69, 9.17) is 0 Å². The van der Waals surface area contributed by atoms with Gasteiger partial charge in [0.25, 0.3) is 0 Å². The fraction of sp³-hybridized carbons (Fsp3) is 0.333. The van der Waals surface area contributed by atoms with Crippen molar-refractivity contribution in [2.75, 3.05) is 13.7 Å². The third-order valence-corrected chi connectivity index (χ3v) is 2.17. The average Bonchev–Trinajstić information content (AvgIpc) is 2.37. The second-order valence-electron chi connectivity index (χ2n) is 3.55. The number of carbonyl (C=O) groups excluding carboxylic acids is 2. The van der Waals surface area contributed by atoms with Crippen LogP contribution in [0, 0.1) is 0 Å². The Balaban J connectivity index is 2.44. The standard InChI is InChI=1S/C12H13F2NO4/c1-18-11(17)7-15-10(16)6-8-2-4-9(5-3-8)19-12(13)14/h2-5,12H,6-7H2,1H3,(H,15,16). The van der Waals surface area contributed by atoms with E-state index in [0.29, 0.717) is 5.56 Å². The van der Waals surface area contributed by atoms with Gasteiger partial charge in [0.1, 0.15) is 12.3 Å². The molecule has 0 radical (unpaired) electrons. The van der Waals surface area contributed by atoms with Crippen LogP contribution in [-0.2, 0) is 20.7 Å². The number of amides is 1. The highest BCUT2D eigenvalue weighted by molar-refractivity contribution is 5.83. The van der Waals surface area contributed by atoms with Crippen molar-refractivity contribution in [3.63, 3.8) is 0 Å². The summed E-state index contributed by atoms with van der Waals surface area (Å²) in [6.07, 6.45) is 0.0337. The Hall–Kier alpha value is -2.18. The molecular formula is C12H13F2NO4. The van der Waals surface area contributed by atoms with Crippen molar-refractivity contribution in [3.8, 4) is 5.75 Å². The Morgan fingerprint density at radius 1 is 1.26 bits per heavy atom. The van der Waals surface area contributed by atoms with Gasteiger partial charge in [0.05, 0.1) is 13.5 Å². The van der Waals surface area contributed by atoms with Crippen LogP contribution in [-0.4, -0.2) is 32.1 Å². The predicted molar refractivity (Wildman–Crippen MR) is 61.8 cm³/mol. The summed E-state index contributed by atoms with van der Waals surface area (Å²) in [6.45, 7) is -3.09. The summed E-state index contributed by atoms with van der Waals surface area (Å²) in [5.74, 6) is -0.893. The normalized spacial score (nSPS) is 10.1. The molecule has 7 heteroatoms. The molecule has 0 fully saturated rings. The number of esters is 1. The van der Waals surface area contributed by atoms with E-state index < -0.39 is 12.6 Å². The van der Waals surface area contributed by atoms with Crippen LogP contribution in [0.4, 0.5) is 8.78 Å². The van der Waals surface area contributed by atoms with E-state index in [-0.39, 0.29) is 24.6 Å². The fourth-order valence-corrected chi connectivity index (χ4v) is 1.28. The highest BCUT2D eigenvalue weighted by Crippen LogP contribution is 2.15. The van der Waals surface area contributed by atoms with Crippen molar-refractivity contribution in [3.05, 3.63) is 29.8 Å². The minimum Gasteiger partial charge on any atom is -0.468 e. The number of carbonyl (C=O) groups is 2. The largest absolute Gasteiger partial charge is 0.468 e. The summed E-state index contributed by atoms with van der Waals surface area (Å²) in [7, 11) is 1.22. The first-order valence-electron chi connectivity index (χ1n) is 5.38. The smallest absolute Gasteiger partial charge is 0.387 e. The van der Waals surface area contributed by atoms with E-state index in [2.05, 4.69) is 14.8 Å². The van der Waals surface area contributed by atoms with Crippen LogP contribution >= 0.6 is 0 Å². The van der Waals surface area contributed by atoms with Crippen LogP contribution in [0.15, 0.2) is 24.3 Å². The fourth-order valence-electron chi connectivity index (χ4n) is 1.28. The molecule has 1 rings (SSSR count). The molecule has 0 unspecified atom stereocenters. The zero-order valence-electron chi connectivity index (χ0n) is 10.2. The van der Waals surface area contributed by atoms with Crippen molar-refractivity contribution >= 4 is 11.9 Å². The summed E-state index contributed by atoms with van der Waals surface area (Å²) < 4.78 is 32.4. The second-order valence-corrected chi connectivity index (χ2v) is 3.55. The van der Waals surface area contributed by atoms with E-state index in [0.717, 1.165) is 0 Å². The number of hydrogen-bond donors (Lipinski definition) is 1. The number of rotatable bonds is 6. The third-order valence-electron chi connectivity index (χ3n) is 2.17. The number of halogens is 2. The quantitative estimate of drug-likeness (QED) is 0.789. The average molecular weight is 273 g/mol. The van der Waals surface area contributed by atoms with Gasteiger partial charge >= 0.3 is 12.6 Å². The number of alkyl halides is 2. The number of hydrogen-bond acceptors (Lipinski definition) is 4. The van der Waals surface area contributed by atoms with E-state index in [1.807, 2.05) is 0 Å². The lowest BCUT2D eigenvalue weighted by molar-refractivity contribution is -0.141. The van der Waals surface area contributed by atoms with Gasteiger partial charge in [0, 0.05) is 0 Å². The topological polar surface area (TPSA) is 64.6 Å². The molecule has 19 heavy (non-hydrogen) atoms. The van der Waals surface area contributed by atoms with Crippen molar-refractivity contribution in [1.82, 2.24) is 5.32 Å². The van der Waals surface area contributed by atoms with Gasteiger partial charge in [-0.05, 0) is 17.7 Å². The molecule has 0 atom stereocenters. The zero-order chi connectivity index (χ0) is 14.3. The Bertz CT molecular complexity index is 434. The molecule has 0 saturated carbocycles. The van der Waals surface area contributed by atoms with E-state index in [1.54, 1.807) is 0 Å². The molecule has 0 bridgehead atoms. The molecular weight excluding hydrogens is 260 g/mol. The Kier molecular flexibility index (Phi) is 5.72. The minimum atomic E-state index is -2.88. The molecule has 1 N–H and O–H groups in total. The minimum absolute atomic E-state index is 0.0220. The van der Waals surface area contributed by atoms with Gasteiger partial charge in [-0.3, -0.25) is 9.59 Å². The molecule has 0 aromatic heterocycles. The van der Waals surface area contributed by atoms with Gasteiger partial charge in [0.2, 0.25) is 5.91 Å². The van der Waals surface area contributed by atoms with Crippen molar-refractivity contribution < 1.29 is 27.8 Å². The molecule has 0 saturated heterocycles. The number of nitrogens with one attached hydrogen (secondary N) is 1.